The Morgan fingerprint density at radius 2 is 2.05 bits per heavy atom. The zero-order chi connectivity index (χ0) is 14.1. The van der Waals surface area contributed by atoms with Crippen LogP contribution < -0.4 is 5.32 Å². The molecule has 1 unspecified atom stereocenters. The monoisotopic (exact) mass is 266 g/mol. The number of nitrogens with zero attached hydrogens (tertiary/aromatic N) is 3. The third-order valence-corrected chi connectivity index (χ3v) is 4.19. The Morgan fingerprint density at radius 3 is 2.58 bits per heavy atom. The molecule has 0 aliphatic carbocycles. The molecule has 1 heterocycles. The molecule has 1 rings (SSSR count). The van der Waals surface area contributed by atoms with Crippen molar-refractivity contribution >= 4 is 0 Å². The maximum Gasteiger partial charge on any atom is 0.0965 e. The molecule has 0 bridgehead atoms. The summed E-state index contributed by atoms with van der Waals surface area (Å²) in [5, 5.41) is 12.4. The summed E-state index contributed by atoms with van der Waals surface area (Å²) >= 11 is 0. The van der Waals surface area contributed by atoms with Gasteiger partial charge in [0.25, 0.3) is 0 Å². The molecule has 1 aliphatic heterocycles. The van der Waals surface area contributed by atoms with Gasteiger partial charge in [0, 0.05) is 12.6 Å². The second kappa shape index (κ2) is 9.30. The fraction of sp³-hybridized carbons (Fsp3) is 0.933. The molecule has 0 radical (unpaired) electrons. The Bertz CT molecular complexity index is 266. The van der Waals surface area contributed by atoms with Crippen molar-refractivity contribution in [2.24, 2.45) is 0 Å². The van der Waals surface area contributed by atoms with Gasteiger partial charge in [0.1, 0.15) is 0 Å². The van der Waals surface area contributed by atoms with E-state index < -0.39 is 0 Å². The maximum atomic E-state index is 9.10. The van der Waals surface area contributed by atoms with Crippen molar-refractivity contribution in [2.45, 2.75) is 51.6 Å². The third kappa shape index (κ3) is 5.90. The van der Waals surface area contributed by atoms with Crippen molar-refractivity contribution in [2.75, 3.05) is 39.8 Å². The summed E-state index contributed by atoms with van der Waals surface area (Å²) < 4.78 is 0. The zero-order valence-electron chi connectivity index (χ0n) is 12.9. The largest absolute Gasteiger partial charge is 0.303 e. The van der Waals surface area contributed by atoms with Crippen LogP contribution >= 0.6 is 0 Å². The predicted octanol–water partition coefficient (Wildman–Crippen LogP) is 1.68. The Morgan fingerprint density at radius 1 is 1.37 bits per heavy atom. The molecule has 0 aromatic heterocycles. The normalized spacial score (nSPS) is 19.5. The van der Waals surface area contributed by atoms with Crippen LogP contribution in [0.25, 0.3) is 0 Å². The minimum absolute atomic E-state index is 0.0122. The van der Waals surface area contributed by atoms with E-state index in [1.807, 2.05) is 0 Å². The van der Waals surface area contributed by atoms with Crippen molar-refractivity contribution < 1.29 is 0 Å². The molecule has 1 aliphatic rings. The van der Waals surface area contributed by atoms with E-state index in [1.54, 1.807) is 0 Å². The van der Waals surface area contributed by atoms with Gasteiger partial charge in [-0.15, -0.1) is 0 Å². The number of likely N-dealkylation sites (tertiary alicyclic amines) is 1. The fourth-order valence-electron chi connectivity index (χ4n) is 2.72. The van der Waals surface area contributed by atoms with Gasteiger partial charge < -0.3 is 15.1 Å². The van der Waals surface area contributed by atoms with E-state index in [4.69, 9.17) is 5.26 Å². The highest BCUT2D eigenvalue weighted by Crippen LogP contribution is 2.15. The van der Waals surface area contributed by atoms with Crippen molar-refractivity contribution in [1.29, 1.82) is 5.26 Å². The lowest BCUT2D eigenvalue weighted by molar-refractivity contribution is 0.129. The van der Waals surface area contributed by atoms with Crippen LogP contribution in [0.2, 0.25) is 0 Å². The summed E-state index contributed by atoms with van der Waals surface area (Å²) in [6.45, 7) is 9.95. The quantitative estimate of drug-likeness (QED) is 0.726. The topological polar surface area (TPSA) is 42.3 Å². The summed E-state index contributed by atoms with van der Waals surface area (Å²) in [7, 11) is 2.21. The highest BCUT2D eigenvalue weighted by Gasteiger charge is 2.21. The average Bonchev–Trinajstić information content (AvgIpc) is 2.47. The van der Waals surface area contributed by atoms with Gasteiger partial charge in [-0.3, -0.25) is 0 Å². The minimum atomic E-state index is 0.0122. The molecule has 0 amide bonds. The summed E-state index contributed by atoms with van der Waals surface area (Å²) in [5.41, 5.74) is 0. The van der Waals surface area contributed by atoms with E-state index >= 15 is 0 Å². The molecule has 1 fully saturated rings. The number of piperidine rings is 1. The van der Waals surface area contributed by atoms with Crippen molar-refractivity contribution in [3.05, 3.63) is 0 Å². The number of rotatable bonds is 8. The molecule has 0 saturated carbocycles. The molecule has 1 atom stereocenters. The summed E-state index contributed by atoms with van der Waals surface area (Å²) in [4.78, 5) is 4.97. The summed E-state index contributed by atoms with van der Waals surface area (Å²) in [6, 6.07) is 3.08. The second-order valence-corrected chi connectivity index (χ2v) is 5.57. The first-order valence-electron chi connectivity index (χ1n) is 7.76. The van der Waals surface area contributed by atoms with Crippen LogP contribution in [0.5, 0.6) is 0 Å². The molecule has 0 spiro atoms. The molecule has 0 aromatic rings. The van der Waals surface area contributed by atoms with Gasteiger partial charge >= 0.3 is 0 Å². The zero-order valence-corrected chi connectivity index (χ0v) is 12.9. The number of nitrogens with one attached hydrogen (secondary N) is 1. The number of nitriles is 1. The van der Waals surface area contributed by atoms with E-state index in [2.05, 4.69) is 42.1 Å². The first-order valence-corrected chi connectivity index (χ1v) is 7.76. The number of hydrogen-bond acceptors (Lipinski definition) is 4. The van der Waals surface area contributed by atoms with Gasteiger partial charge in [0.05, 0.1) is 12.1 Å². The minimum Gasteiger partial charge on any atom is -0.303 e. The SMILES string of the molecule is CCCNC(C#N)CCN(C)C1CCN(CC)CC1. The number of hydrogen-bond donors (Lipinski definition) is 1. The highest BCUT2D eigenvalue weighted by molar-refractivity contribution is 4.90. The van der Waals surface area contributed by atoms with Gasteiger partial charge in [-0.25, -0.2) is 0 Å². The van der Waals surface area contributed by atoms with E-state index in [9.17, 15) is 0 Å². The standard InChI is InChI=1S/C15H30N4/c1-4-9-17-14(13-16)6-10-18(3)15-7-11-19(5-2)12-8-15/h14-15,17H,4-12H2,1-3H3. The Kier molecular flexibility index (Phi) is 8.04. The Hall–Kier alpha value is -0.630. The first-order chi connectivity index (χ1) is 9.21. The Balaban J connectivity index is 2.23. The van der Waals surface area contributed by atoms with E-state index in [1.165, 1.54) is 32.5 Å². The van der Waals surface area contributed by atoms with Gasteiger partial charge in [-0.05, 0) is 58.9 Å². The fourth-order valence-corrected chi connectivity index (χ4v) is 2.72. The van der Waals surface area contributed by atoms with Gasteiger partial charge in [-0.1, -0.05) is 13.8 Å². The predicted molar refractivity (Wildman–Crippen MR) is 80.1 cm³/mol. The van der Waals surface area contributed by atoms with Crippen LogP contribution in [0.3, 0.4) is 0 Å². The molecule has 0 aromatic carbocycles. The highest BCUT2D eigenvalue weighted by atomic mass is 15.2. The van der Waals surface area contributed by atoms with Crippen LogP contribution in [0.15, 0.2) is 0 Å². The maximum absolute atomic E-state index is 9.10. The third-order valence-electron chi connectivity index (χ3n) is 4.19. The molecular formula is C15H30N4. The van der Waals surface area contributed by atoms with Crippen LogP contribution in [0, 0.1) is 11.3 Å². The molecule has 1 N–H and O–H groups in total. The summed E-state index contributed by atoms with van der Waals surface area (Å²) in [5.74, 6) is 0. The lowest BCUT2D eigenvalue weighted by atomic mass is 10.0. The van der Waals surface area contributed by atoms with E-state index in [-0.39, 0.29) is 6.04 Å². The first kappa shape index (κ1) is 16.4. The second-order valence-electron chi connectivity index (χ2n) is 5.57. The smallest absolute Gasteiger partial charge is 0.0965 e. The van der Waals surface area contributed by atoms with E-state index in [0.29, 0.717) is 6.04 Å². The lowest BCUT2D eigenvalue weighted by Crippen LogP contribution is -2.44. The molecule has 4 heteroatoms. The molecule has 110 valence electrons. The van der Waals surface area contributed by atoms with Crippen molar-refractivity contribution in [3.8, 4) is 6.07 Å². The van der Waals surface area contributed by atoms with E-state index in [0.717, 1.165) is 25.9 Å². The van der Waals surface area contributed by atoms with Gasteiger partial charge in [-0.2, -0.15) is 5.26 Å². The van der Waals surface area contributed by atoms with Crippen LogP contribution in [0.1, 0.15) is 39.5 Å². The average molecular weight is 266 g/mol. The van der Waals surface area contributed by atoms with Crippen molar-refractivity contribution in [1.82, 2.24) is 15.1 Å². The molecule has 4 nitrogen and oxygen atoms in total. The summed E-state index contributed by atoms with van der Waals surface area (Å²) in [6.07, 6.45) is 4.55. The van der Waals surface area contributed by atoms with Gasteiger partial charge in [0.15, 0.2) is 0 Å². The van der Waals surface area contributed by atoms with Crippen LogP contribution in [-0.4, -0.2) is 61.7 Å². The lowest BCUT2D eigenvalue weighted by Gasteiger charge is -2.36. The van der Waals surface area contributed by atoms with Crippen molar-refractivity contribution in [3.63, 3.8) is 0 Å². The van der Waals surface area contributed by atoms with Crippen LogP contribution in [0.4, 0.5) is 0 Å². The van der Waals surface area contributed by atoms with Gasteiger partial charge in [0.2, 0.25) is 0 Å². The molecular weight excluding hydrogens is 236 g/mol. The Labute approximate surface area is 118 Å². The molecule has 19 heavy (non-hydrogen) atoms. The molecule has 1 saturated heterocycles. The van der Waals surface area contributed by atoms with Crippen LogP contribution in [-0.2, 0) is 0 Å².